The summed E-state index contributed by atoms with van der Waals surface area (Å²) in [5.41, 5.74) is 2.97. The molecule has 1 aromatic heterocycles. The molecule has 1 nitrogen and oxygen atoms in total. The minimum atomic E-state index is -0.200. The van der Waals surface area contributed by atoms with Gasteiger partial charge in [0.1, 0.15) is 5.82 Å². The van der Waals surface area contributed by atoms with Gasteiger partial charge in [-0.25, -0.2) is 4.39 Å². The Kier molecular flexibility index (Phi) is 3.81. The van der Waals surface area contributed by atoms with E-state index in [1.165, 1.54) is 22.5 Å². The molecule has 0 unspecified atom stereocenters. The Morgan fingerprint density at radius 2 is 1.78 bits per heavy atom. The van der Waals surface area contributed by atoms with Crippen molar-refractivity contribution >= 4 is 11.5 Å². The van der Waals surface area contributed by atoms with Gasteiger partial charge in [0, 0.05) is 10.4 Å². The van der Waals surface area contributed by atoms with Gasteiger partial charge in [-0.15, -0.1) is 0 Å². The summed E-state index contributed by atoms with van der Waals surface area (Å²) < 4.78 is 17.9. The molecule has 96 valence electrons. The van der Waals surface area contributed by atoms with Gasteiger partial charge in [-0.1, -0.05) is 33.8 Å². The zero-order valence-electron chi connectivity index (χ0n) is 11.2. The van der Waals surface area contributed by atoms with Crippen LogP contribution in [-0.2, 0) is 0 Å². The van der Waals surface area contributed by atoms with Crippen molar-refractivity contribution in [1.82, 2.24) is 4.37 Å². The third-order valence-electron chi connectivity index (χ3n) is 3.01. The Hall–Kier alpha value is -1.22. The molecule has 0 saturated heterocycles. The average molecular weight is 263 g/mol. The largest absolute Gasteiger partial charge is 0.207 e. The number of aromatic nitrogens is 1. The van der Waals surface area contributed by atoms with Gasteiger partial charge in [-0.05, 0) is 47.1 Å². The lowest BCUT2D eigenvalue weighted by atomic mass is 9.95. The predicted molar refractivity (Wildman–Crippen MR) is 75.7 cm³/mol. The quantitative estimate of drug-likeness (QED) is 0.742. The van der Waals surface area contributed by atoms with Gasteiger partial charge in [-0.2, -0.15) is 4.37 Å². The van der Waals surface area contributed by atoms with E-state index in [4.69, 9.17) is 0 Å². The van der Waals surface area contributed by atoms with E-state index in [1.807, 2.05) is 6.07 Å². The maximum Gasteiger partial charge on any atom is 0.123 e. The first kappa shape index (κ1) is 13.2. The van der Waals surface area contributed by atoms with Gasteiger partial charge in [0.2, 0.25) is 0 Å². The smallest absolute Gasteiger partial charge is 0.123 e. The molecule has 0 radical (unpaired) electrons. The second-order valence-electron chi connectivity index (χ2n) is 5.16. The fourth-order valence-corrected chi connectivity index (χ4v) is 2.67. The molecule has 2 rings (SSSR count). The van der Waals surface area contributed by atoms with Crippen LogP contribution in [0, 0.1) is 5.82 Å². The summed E-state index contributed by atoms with van der Waals surface area (Å²) in [7, 11) is 0. The molecule has 1 heterocycles. The van der Waals surface area contributed by atoms with Crippen molar-refractivity contribution in [3.63, 3.8) is 0 Å². The highest BCUT2D eigenvalue weighted by Crippen LogP contribution is 2.32. The highest BCUT2D eigenvalue weighted by atomic mass is 32.1. The van der Waals surface area contributed by atoms with Crippen LogP contribution in [0.5, 0.6) is 0 Å². The van der Waals surface area contributed by atoms with Crippen molar-refractivity contribution in [2.75, 3.05) is 0 Å². The van der Waals surface area contributed by atoms with Crippen molar-refractivity contribution in [3.05, 3.63) is 40.5 Å². The lowest BCUT2D eigenvalue weighted by molar-refractivity contribution is 0.627. The number of hydrogen-bond donors (Lipinski definition) is 0. The molecule has 0 atom stereocenters. The Balaban J connectivity index is 2.51. The van der Waals surface area contributed by atoms with Crippen molar-refractivity contribution in [3.8, 4) is 11.3 Å². The van der Waals surface area contributed by atoms with Gasteiger partial charge >= 0.3 is 0 Å². The van der Waals surface area contributed by atoms with Crippen LogP contribution in [0.1, 0.15) is 50.0 Å². The topological polar surface area (TPSA) is 12.9 Å². The molecular weight excluding hydrogens is 245 g/mol. The molecule has 0 spiro atoms. The standard InChI is InChI=1S/C15H18FNS/c1-9(2)12-6-5-11(16)7-13(12)14-8-15(10(3)4)18-17-14/h5-10H,1-4H3. The lowest BCUT2D eigenvalue weighted by Crippen LogP contribution is -1.93. The summed E-state index contributed by atoms with van der Waals surface area (Å²) in [5.74, 6) is 0.630. The lowest BCUT2D eigenvalue weighted by Gasteiger charge is -2.10. The van der Waals surface area contributed by atoms with Crippen LogP contribution in [0.25, 0.3) is 11.3 Å². The molecular formula is C15H18FNS. The molecule has 1 aromatic carbocycles. The van der Waals surface area contributed by atoms with Crippen LogP contribution >= 0.6 is 11.5 Å². The maximum atomic E-state index is 13.4. The SMILES string of the molecule is CC(C)c1cc(-c2cc(F)ccc2C(C)C)ns1. The first-order valence-electron chi connectivity index (χ1n) is 6.25. The number of hydrogen-bond acceptors (Lipinski definition) is 2. The predicted octanol–water partition coefficient (Wildman–Crippen LogP) is 5.20. The molecule has 2 aromatic rings. The average Bonchev–Trinajstić information content (AvgIpc) is 2.77. The van der Waals surface area contributed by atoms with Crippen LogP contribution < -0.4 is 0 Å². The highest BCUT2D eigenvalue weighted by molar-refractivity contribution is 7.06. The van der Waals surface area contributed by atoms with Crippen molar-refractivity contribution < 1.29 is 4.39 Å². The third-order valence-corrected chi connectivity index (χ3v) is 4.10. The van der Waals surface area contributed by atoms with E-state index >= 15 is 0 Å². The molecule has 0 fully saturated rings. The molecule has 0 N–H and O–H groups in total. The maximum absolute atomic E-state index is 13.4. The molecule has 0 aliphatic heterocycles. The second-order valence-corrected chi connectivity index (χ2v) is 5.99. The van der Waals surface area contributed by atoms with Gasteiger partial charge in [0.25, 0.3) is 0 Å². The Bertz CT molecular complexity index is 543. The summed E-state index contributed by atoms with van der Waals surface area (Å²) >= 11 is 1.51. The van der Waals surface area contributed by atoms with Gasteiger partial charge in [-0.3, -0.25) is 0 Å². The van der Waals surface area contributed by atoms with Crippen LogP contribution in [0.3, 0.4) is 0 Å². The zero-order valence-corrected chi connectivity index (χ0v) is 12.0. The van der Waals surface area contributed by atoms with E-state index < -0.39 is 0 Å². The van der Waals surface area contributed by atoms with Gasteiger partial charge in [0.05, 0.1) is 5.69 Å². The minimum absolute atomic E-state index is 0.200. The fraction of sp³-hybridized carbons (Fsp3) is 0.400. The molecule has 0 amide bonds. The van der Waals surface area contributed by atoms with Crippen molar-refractivity contribution in [1.29, 1.82) is 0 Å². The summed E-state index contributed by atoms with van der Waals surface area (Å²) in [6.07, 6.45) is 0. The van der Waals surface area contributed by atoms with Crippen molar-refractivity contribution in [2.45, 2.75) is 39.5 Å². The molecule has 0 bridgehead atoms. The Morgan fingerprint density at radius 3 is 2.33 bits per heavy atom. The molecule has 0 aliphatic rings. The van der Waals surface area contributed by atoms with E-state index in [0.717, 1.165) is 16.8 Å². The van der Waals surface area contributed by atoms with E-state index in [-0.39, 0.29) is 5.82 Å². The highest BCUT2D eigenvalue weighted by Gasteiger charge is 2.13. The van der Waals surface area contributed by atoms with E-state index in [2.05, 4.69) is 38.1 Å². The molecule has 18 heavy (non-hydrogen) atoms. The second kappa shape index (κ2) is 5.19. The Labute approximate surface area is 112 Å². The minimum Gasteiger partial charge on any atom is -0.207 e. The fourth-order valence-electron chi connectivity index (χ4n) is 1.94. The summed E-state index contributed by atoms with van der Waals surface area (Å²) in [4.78, 5) is 1.24. The van der Waals surface area contributed by atoms with Crippen molar-refractivity contribution in [2.24, 2.45) is 0 Å². The van der Waals surface area contributed by atoms with E-state index in [0.29, 0.717) is 11.8 Å². The summed E-state index contributed by atoms with van der Waals surface area (Å²) in [5, 5.41) is 0. The third kappa shape index (κ3) is 2.61. The van der Waals surface area contributed by atoms with Crippen LogP contribution in [-0.4, -0.2) is 4.37 Å². The van der Waals surface area contributed by atoms with Crippen LogP contribution in [0.2, 0.25) is 0 Å². The Morgan fingerprint density at radius 1 is 1.06 bits per heavy atom. The monoisotopic (exact) mass is 263 g/mol. The zero-order chi connectivity index (χ0) is 13.3. The van der Waals surface area contributed by atoms with Gasteiger partial charge < -0.3 is 0 Å². The summed E-state index contributed by atoms with van der Waals surface area (Å²) in [6.45, 7) is 8.53. The first-order chi connectivity index (χ1) is 8.49. The number of nitrogens with zero attached hydrogens (tertiary/aromatic N) is 1. The van der Waals surface area contributed by atoms with Crippen LogP contribution in [0.15, 0.2) is 24.3 Å². The number of halogens is 1. The summed E-state index contributed by atoms with van der Waals surface area (Å²) in [6, 6.07) is 7.06. The molecule has 3 heteroatoms. The van der Waals surface area contributed by atoms with E-state index in [9.17, 15) is 4.39 Å². The first-order valence-corrected chi connectivity index (χ1v) is 7.02. The molecule has 0 aliphatic carbocycles. The molecule has 0 saturated carbocycles. The van der Waals surface area contributed by atoms with Gasteiger partial charge in [0.15, 0.2) is 0 Å². The van der Waals surface area contributed by atoms with E-state index in [1.54, 1.807) is 6.07 Å². The normalized spacial score (nSPS) is 11.5. The number of benzene rings is 1. The van der Waals surface area contributed by atoms with Crippen LogP contribution in [0.4, 0.5) is 4.39 Å². The number of rotatable bonds is 3.